The number of aromatic nitrogens is 4. The second kappa shape index (κ2) is 16.3. The molecule has 11 rings (SSSR count). The lowest BCUT2D eigenvalue weighted by Crippen LogP contribution is -1.96. The largest absolute Gasteiger partial charge is 0.245 e. The highest BCUT2D eigenvalue weighted by atomic mass is 14.9. The molecule has 4 heteroatoms. The Morgan fingerprint density at radius 3 is 1.25 bits per heavy atom. The summed E-state index contributed by atoms with van der Waals surface area (Å²) in [6.07, 6.45) is 0. The number of nitrogens with zero attached hydrogens (tertiary/aromatic N) is 4. The fourth-order valence-electron chi connectivity index (χ4n) is 8.43. The maximum Gasteiger partial charge on any atom is 0.160 e. The monoisotopic (exact) mass is 804 g/mol. The maximum absolute atomic E-state index is 5.25. The molecule has 0 atom stereocenters. The molecule has 3 heterocycles. The van der Waals surface area contributed by atoms with Gasteiger partial charge in [-0.1, -0.05) is 200 Å². The van der Waals surface area contributed by atoms with E-state index in [4.69, 9.17) is 19.9 Å². The molecule has 11 aromatic rings. The van der Waals surface area contributed by atoms with E-state index in [2.05, 4.69) is 201 Å². The van der Waals surface area contributed by atoms with Crippen LogP contribution in [0.3, 0.4) is 0 Å². The van der Waals surface area contributed by atoms with Gasteiger partial charge in [-0.15, -0.1) is 0 Å². The molecule has 0 saturated heterocycles. The maximum atomic E-state index is 5.25. The first-order valence-electron chi connectivity index (χ1n) is 21.3. The third-order valence-corrected chi connectivity index (χ3v) is 11.9. The van der Waals surface area contributed by atoms with Crippen molar-refractivity contribution in [1.29, 1.82) is 0 Å². The van der Waals surface area contributed by atoms with Crippen molar-refractivity contribution >= 4 is 21.8 Å². The fourth-order valence-corrected chi connectivity index (χ4v) is 8.43. The lowest BCUT2D eigenvalue weighted by molar-refractivity contribution is 1.18. The molecule has 0 aliphatic rings. The molecular formula is C59H40N4. The van der Waals surface area contributed by atoms with Gasteiger partial charge in [0.2, 0.25) is 0 Å². The van der Waals surface area contributed by atoms with Crippen LogP contribution in [0.1, 0.15) is 5.56 Å². The molecule has 63 heavy (non-hydrogen) atoms. The quantitative estimate of drug-likeness (QED) is 0.144. The zero-order valence-corrected chi connectivity index (χ0v) is 34.7. The Balaban J connectivity index is 0.869. The zero-order chi connectivity index (χ0) is 42.1. The van der Waals surface area contributed by atoms with Crippen molar-refractivity contribution in [1.82, 2.24) is 19.9 Å². The molecule has 0 N–H and O–H groups in total. The standard InChI is InChI=1S/C59H40N4/c1-39-36-54(45-14-7-3-8-15-45)61-58-52(39)34-32-48-33-35-53(60-57(48)58)51-19-11-18-50(37-51)44-22-20-42(21-23-44)43-26-30-47(31-27-43)56-38-55(62-59(63-56)49-16-9-4-10-17-49)46-28-24-41(25-29-46)40-12-5-2-6-13-40/h2-38H,1H3. The topological polar surface area (TPSA) is 51.6 Å². The van der Waals surface area contributed by atoms with Crippen molar-refractivity contribution in [3.05, 3.63) is 230 Å². The zero-order valence-electron chi connectivity index (χ0n) is 34.7. The van der Waals surface area contributed by atoms with Gasteiger partial charge in [-0.2, -0.15) is 0 Å². The fraction of sp³-hybridized carbons (Fsp3) is 0.0169. The molecule has 0 amide bonds. The lowest BCUT2D eigenvalue weighted by atomic mass is 9.97. The van der Waals surface area contributed by atoms with E-state index in [1.807, 2.05) is 30.3 Å². The number of pyridine rings is 2. The number of benzene rings is 8. The minimum atomic E-state index is 0.702. The van der Waals surface area contributed by atoms with Gasteiger partial charge < -0.3 is 0 Å². The molecule has 0 spiro atoms. The van der Waals surface area contributed by atoms with Crippen molar-refractivity contribution in [3.63, 3.8) is 0 Å². The number of hydrogen-bond donors (Lipinski definition) is 0. The van der Waals surface area contributed by atoms with Gasteiger partial charge in [-0.3, -0.25) is 0 Å². The highest BCUT2D eigenvalue weighted by Crippen LogP contribution is 2.34. The van der Waals surface area contributed by atoms with E-state index in [1.54, 1.807) is 0 Å². The first kappa shape index (κ1) is 37.6. The predicted molar refractivity (Wildman–Crippen MR) is 261 cm³/mol. The Morgan fingerprint density at radius 2 is 0.667 bits per heavy atom. The summed E-state index contributed by atoms with van der Waals surface area (Å²) in [7, 11) is 0. The summed E-state index contributed by atoms with van der Waals surface area (Å²) in [5.74, 6) is 0.702. The SMILES string of the molecule is Cc1cc(-c2ccccc2)nc2c1ccc1ccc(-c3cccc(-c4ccc(-c5ccc(-c6cc(-c7ccc(-c8ccccc8)cc7)nc(-c7ccccc7)n6)cc5)cc4)c3)nc12. The second-order valence-corrected chi connectivity index (χ2v) is 15.9. The highest BCUT2D eigenvalue weighted by Gasteiger charge is 2.14. The third kappa shape index (κ3) is 7.56. The normalized spacial score (nSPS) is 11.3. The second-order valence-electron chi connectivity index (χ2n) is 15.9. The van der Waals surface area contributed by atoms with E-state index >= 15 is 0 Å². The molecule has 3 aromatic heterocycles. The van der Waals surface area contributed by atoms with E-state index in [9.17, 15) is 0 Å². The van der Waals surface area contributed by atoms with E-state index in [0.29, 0.717) is 5.82 Å². The minimum Gasteiger partial charge on any atom is -0.245 e. The third-order valence-electron chi connectivity index (χ3n) is 11.9. The molecule has 0 aliphatic carbocycles. The Labute approximate surface area is 366 Å². The summed E-state index contributed by atoms with van der Waals surface area (Å²) < 4.78 is 0. The van der Waals surface area contributed by atoms with Gasteiger partial charge in [0, 0.05) is 38.6 Å². The van der Waals surface area contributed by atoms with Crippen LogP contribution < -0.4 is 0 Å². The molecule has 296 valence electrons. The molecule has 0 saturated carbocycles. The number of aryl methyl sites for hydroxylation is 1. The highest BCUT2D eigenvalue weighted by molar-refractivity contribution is 6.05. The molecular weight excluding hydrogens is 765 g/mol. The van der Waals surface area contributed by atoms with Gasteiger partial charge in [-0.05, 0) is 70.1 Å². The van der Waals surface area contributed by atoms with Gasteiger partial charge >= 0.3 is 0 Å². The summed E-state index contributed by atoms with van der Waals surface area (Å²) in [5, 5.41) is 2.20. The Hall–Kier alpha value is -8.34. The molecule has 8 aromatic carbocycles. The first-order chi connectivity index (χ1) is 31.1. The van der Waals surface area contributed by atoms with Crippen LogP contribution >= 0.6 is 0 Å². The Morgan fingerprint density at radius 1 is 0.254 bits per heavy atom. The van der Waals surface area contributed by atoms with Crippen LogP contribution in [-0.2, 0) is 0 Å². The van der Waals surface area contributed by atoms with Gasteiger partial charge in [0.05, 0.1) is 33.8 Å². The van der Waals surface area contributed by atoms with Crippen molar-refractivity contribution in [2.75, 3.05) is 0 Å². The van der Waals surface area contributed by atoms with Crippen LogP contribution in [0, 0.1) is 6.92 Å². The van der Waals surface area contributed by atoms with Crippen molar-refractivity contribution < 1.29 is 0 Å². The van der Waals surface area contributed by atoms with Crippen LogP contribution in [0.25, 0.3) is 112 Å². The average molecular weight is 805 g/mol. The summed E-state index contributed by atoms with van der Waals surface area (Å²) in [4.78, 5) is 20.5. The van der Waals surface area contributed by atoms with Gasteiger partial charge in [0.1, 0.15) is 0 Å². The van der Waals surface area contributed by atoms with E-state index < -0.39 is 0 Å². The number of fused-ring (bicyclic) bond motifs is 3. The van der Waals surface area contributed by atoms with Gasteiger partial charge in [0.25, 0.3) is 0 Å². The van der Waals surface area contributed by atoms with Crippen molar-refractivity contribution in [2.45, 2.75) is 6.92 Å². The molecule has 0 unspecified atom stereocenters. The number of hydrogen-bond acceptors (Lipinski definition) is 4. The van der Waals surface area contributed by atoms with Gasteiger partial charge in [-0.25, -0.2) is 19.9 Å². The Kier molecular flexibility index (Phi) is 9.72. The van der Waals surface area contributed by atoms with E-state index in [0.717, 1.165) is 94.7 Å². The van der Waals surface area contributed by atoms with Crippen LogP contribution in [-0.4, -0.2) is 19.9 Å². The van der Waals surface area contributed by atoms with Crippen LogP contribution in [0.2, 0.25) is 0 Å². The minimum absolute atomic E-state index is 0.702. The van der Waals surface area contributed by atoms with E-state index in [1.165, 1.54) is 16.7 Å². The van der Waals surface area contributed by atoms with E-state index in [-0.39, 0.29) is 0 Å². The van der Waals surface area contributed by atoms with Crippen molar-refractivity contribution in [2.24, 2.45) is 0 Å². The summed E-state index contributed by atoms with van der Waals surface area (Å²) >= 11 is 0. The summed E-state index contributed by atoms with van der Waals surface area (Å²) in [6.45, 7) is 2.15. The molecule has 0 bridgehead atoms. The van der Waals surface area contributed by atoms with Crippen molar-refractivity contribution in [3.8, 4) is 89.8 Å². The molecule has 0 aliphatic heterocycles. The Bertz CT molecular complexity index is 3400. The molecule has 4 nitrogen and oxygen atoms in total. The summed E-state index contributed by atoms with van der Waals surface area (Å²) in [5.41, 5.74) is 18.8. The van der Waals surface area contributed by atoms with Crippen LogP contribution in [0.4, 0.5) is 0 Å². The molecule has 0 radical (unpaired) electrons. The van der Waals surface area contributed by atoms with Crippen LogP contribution in [0.15, 0.2) is 224 Å². The van der Waals surface area contributed by atoms with Gasteiger partial charge in [0.15, 0.2) is 5.82 Å². The first-order valence-corrected chi connectivity index (χ1v) is 21.3. The van der Waals surface area contributed by atoms with Crippen LogP contribution in [0.5, 0.6) is 0 Å². The lowest BCUT2D eigenvalue weighted by Gasteiger charge is -2.11. The predicted octanol–water partition coefficient (Wildman–Crippen LogP) is 15.2. The smallest absolute Gasteiger partial charge is 0.160 e. The average Bonchev–Trinajstić information content (AvgIpc) is 3.37. The molecule has 0 fully saturated rings. The number of rotatable bonds is 8. The summed E-state index contributed by atoms with van der Waals surface area (Å²) in [6, 6.07) is 78.6.